The fourth-order valence-corrected chi connectivity index (χ4v) is 3.34. The van der Waals surface area contributed by atoms with Gasteiger partial charge in [-0.05, 0) is 24.1 Å². The van der Waals surface area contributed by atoms with Gasteiger partial charge < -0.3 is 9.84 Å². The number of carbonyl (C=O) groups is 1. The molecular formula is C13H17BrO4S. The fourth-order valence-electron chi connectivity index (χ4n) is 1.63. The van der Waals surface area contributed by atoms with Crippen molar-refractivity contribution in [3.8, 4) is 5.75 Å². The third kappa shape index (κ3) is 5.32. The molecule has 4 nitrogen and oxygen atoms in total. The zero-order chi connectivity index (χ0) is 14.4. The van der Waals surface area contributed by atoms with Crippen molar-refractivity contribution in [2.45, 2.75) is 19.1 Å². The fraction of sp³-hybridized carbons (Fsp3) is 0.462. The van der Waals surface area contributed by atoms with Gasteiger partial charge in [0, 0.05) is 15.3 Å². The van der Waals surface area contributed by atoms with Crippen LogP contribution in [0.4, 0.5) is 0 Å². The molecule has 2 atom stereocenters. The summed E-state index contributed by atoms with van der Waals surface area (Å²) in [6.07, 6.45) is 0. The molecule has 1 aromatic rings. The van der Waals surface area contributed by atoms with Crippen LogP contribution >= 0.6 is 15.9 Å². The molecule has 1 N–H and O–H groups in total. The second-order valence-corrected chi connectivity index (χ2v) is 6.99. The highest BCUT2D eigenvalue weighted by Gasteiger charge is 2.27. The van der Waals surface area contributed by atoms with Gasteiger partial charge in [0.2, 0.25) is 0 Å². The van der Waals surface area contributed by atoms with Crippen molar-refractivity contribution in [3.63, 3.8) is 0 Å². The maximum absolute atomic E-state index is 11.9. The van der Waals surface area contributed by atoms with E-state index in [0.29, 0.717) is 5.75 Å². The predicted molar refractivity (Wildman–Crippen MR) is 78.9 cm³/mol. The molecule has 0 heterocycles. The molecule has 2 unspecified atom stereocenters. The summed E-state index contributed by atoms with van der Waals surface area (Å²) in [5.41, 5.74) is 0. The van der Waals surface area contributed by atoms with Gasteiger partial charge >= 0.3 is 5.97 Å². The molecule has 1 aromatic carbocycles. The lowest BCUT2D eigenvalue weighted by Gasteiger charge is -2.15. The molecule has 0 bridgehead atoms. The smallest absolute Gasteiger partial charge is 0.319 e. The quantitative estimate of drug-likeness (QED) is 0.822. The van der Waals surface area contributed by atoms with Crippen LogP contribution in [0.2, 0.25) is 0 Å². The Bertz CT molecular complexity index is 462. The molecular weight excluding hydrogens is 332 g/mol. The van der Waals surface area contributed by atoms with E-state index in [2.05, 4.69) is 15.9 Å². The monoisotopic (exact) mass is 348 g/mol. The zero-order valence-electron chi connectivity index (χ0n) is 10.8. The van der Waals surface area contributed by atoms with Gasteiger partial charge in [-0.2, -0.15) is 0 Å². The first-order chi connectivity index (χ1) is 8.91. The molecule has 0 saturated heterocycles. The van der Waals surface area contributed by atoms with Crippen LogP contribution in [0.1, 0.15) is 13.8 Å². The van der Waals surface area contributed by atoms with Crippen LogP contribution in [0, 0.1) is 5.92 Å². The molecule has 0 fully saturated rings. The van der Waals surface area contributed by atoms with Crippen LogP contribution in [0.15, 0.2) is 28.7 Å². The number of benzene rings is 1. The maximum atomic E-state index is 11.9. The van der Waals surface area contributed by atoms with Crippen LogP contribution in [0.3, 0.4) is 0 Å². The summed E-state index contributed by atoms with van der Waals surface area (Å²) in [5, 5.41) is 8.19. The van der Waals surface area contributed by atoms with Crippen molar-refractivity contribution in [3.05, 3.63) is 28.7 Å². The van der Waals surface area contributed by atoms with Crippen molar-refractivity contribution in [2.75, 3.05) is 12.4 Å². The molecule has 0 spiro atoms. The summed E-state index contributed by atoms with van der Waals surface area (Å²) < 4.78 is 18.3. The Balaban J connectivity index is 2.48. The van der Waals surface area contributed by atoms with E-state index in [1.54, 1.807) is 26.0 Å². The molecule has 0 aliphatic carbocycles. The van der Waals surface area contributed by atoms with Crippen molar-refractivity contribution >= 4 is 32.7 Å². The van der Waals surface area contributed by atoms with Gasteiger partial charge in [0.25, 0.3) is 0 Å². The topological polar surface area (TPSA) is 63.6 Å². The van der Waals surface area contributed by atoms with Crippen molar-refractivity contribution in [1.29, 1.82) is 0 Å². The number of carboxylic acids is 1. The van der Waals surface area contributed by atoms with E-state index in [0.717, 1.165) is 4.47 Å². The molecule has 0 aliphatic heterocycles. The highest BCUT2D eigenvalue weighted by Crippen LogP contribution is 2.18. The third-order valence-electron chi connectivity index (χ3n) is 2.48. The summed E-state index contributed by atoms with van der Waals surface area (Å²) in [6, 6.07) is 7.32. The summed E-state index contributed by atoms with van der Waals surface area (Å²) in [4.78, 5) is 11.0. The second kappa shape index (κ2) is 7.65. The summed E-state index contributed by atoms with van der Waals surface area (Å²) >= 11 is 3.33. The Morgan fingerprint density at radius 1 is 1.47 bits per heavy atom. The molecule has 106 valence electrons. The minimum atomic E-state index is -1.43. The Morgan fingerprint density at radius 2 is 2.16 bits per heavy atom. The van der Waals surface area contributed by atoms with Crippen LogP contribution in [-0.4, -0.2) is 32.9 Å². The molecule has 0 radical (unpaired) electrons. The number of aliphatic carboxylic acids is 1. The number of hydrogen-bond acceptors (Lipinski definition) is 3. The zero-order valence-corrected chi connectivity index (χ0v) is 13.2. The number of carboxylic acid groups (broad SMARTS) is 1. The number of halogens is 1. The molecule has 0 aromatic heterocycles. The van der Waals surface area contributed by atoms with Gasteiger partial charge in [-0.15, -0.1) is 0 Å². The average molecular weight is 349 g/mol. The molecule has 6 heteroatoms. The minimum Gasteiger partial charge on any atom is -0.493 e. The maximum Gasteiger partial charge on any atom is 0.319 e. The van der Waals surface area contributed by atoms with E-state index in [1.807, 2.05) is 12.1 Å². The van der Waals surface area contributed by atoms with Crippen LogP contribution in [0.5, 0.6) is 5.75 Å². The van der Waals surface area contributed by atoms with E-state index in [9.17, 15) is 9.00 Å². The highest BCUT2D eigenvalue weighted by atomic mass is 79.9. The van der Waals surface area contributed by atoms with Crippen LogP contribution in [-0.2, 0) is 15.6 Å². The van der Waals surface area contributed by atoms with E-state index in [4.69, 9.17) is 9.84 Å². The minimum absolute atomic E-state index is 0.163. The van der Waals surface area contributed by atoms with Crippen LogP contribution in [0.25, 0.3) is 0 Å². The normalized spacial score (nSPS) is 14.1. The van der Waals surface area contributed by atoms with E-state index >= 15 is 0 Å². The Morgan fingerprint density at radius 3 is 2.68 bits per heavy atom. The highest BCUT2D eigenvalue weighted by molar-refractivity contribution is 9.10. The van der Waals surface area contributed by atoms with E-state index < -0.39 is 22.0 Å². The van der Waals surface area contributed by atoms with Crippen LogP contribution < -0.4 is 4.74 Å². The predicted octanol–water partition coefficient (Wildman–Crippen LogP) is 2.69. The Labute approximate surface area is 123 Å². The summed E-state index contributed by atoms with van der Waals surface area (Å²) in [7, 11) is -1.43. The third-order valence-corrected chi connectivity index (χ3v) is 4.86. The Kier molecular flexibility index (Phi) is 6.51. The van der Waals surface area contributed by atoms with E-state index in [-0.39, 0.29) is 18.3 Å². The standard InChI is InChI=1S/C13H17BrO4S/c1-9(2)12(13(15)16)19(17)7-6-18-11-5-3-4-10(14)8-11/h3-5,8-9,12H,6-7H2,1-2H3,(H,15,16). The van der Waals surface area contributed by atoms with Crippen molar-refractivity contribution < 1.29 is 18.8 Å². The lowest BCUT2D eigenvalue weighted by Crippen LogP contribution is -2.33. The molecule has 1 rings (SSSR count). The SMILES string of the molecule is CC(C)C(C(=O)O)S(=O)CCOc1cccc(Br)c1. The van der Waals surface area contributed by atoms with Crippen molar-refractivity contribution in [2.24, 2.45) is 5.92 Å². The molecule has 0 saturated carbocycles. The first kappa shape index (κ1) is 16.2. The van der Waals surface area contributed by atoms with Crippen molar-refractivity contribution in [1.82, 2.24) is 0 Å². The average Bonchev–Trinajstić information content (AvgIpc) is 2.27. The number of hydrogen-bond donors (Lipinski definition) is 1. The number of ether oxygens (including phenoxy) is 1. The van der Waals surface area contributed by atoms with Gasteiger partial charge in [-0.3, -0.25) is 9.00 Å². The molecule has 19 heavy (non-hydrogen) atoms. The van der Waals surface area contributed by atoms with Gasteiger partial charge in [0.1, 0.15) is 11.0 Å². The summed E-state index contributed by atoms with van der Waals surface area (Å²) in [5.74, 6) is -0.301. The molecule has 0 amide bonds. The lowest BCUT2D eigenvalue weighted by molar-refractivity contribution is -0.137. The molecule has 0 aliphatic rings. The second-order valence-electron chi connectivity index (χ2n) is 4.39. The van der Waals surface area contributed by atoms with Gasteiger partial charge in [-0.1, -0.05) is 35.8 Å². The Hall–Kier alpha value is -0.880. The van der Waals surface area contributed by atoms with Gasteiger partial charge in [0.15, 0.2) is 0 Å². The van der Waals surface area contributed by atoms with E-state index in [1.165, 1.54) is 0 Å². The number of rotatable bonds is 7. The van der Waals surface area contributed by atoms with Gasteiger partial charge in [0.05, 0.1) is 12.4 Å². The lowest BCUT2D eigenvalue weighted by atomic mass is 10.1. The summed E-state index contributed by atoms with van der Waals surface area (Å²) in [6.45, 7) is 3.75. The largest absolute Gasteiger partial charge is 0.493 e. The first-order valence-electron chi connectivity index (χ1n) is 5.90. The first-order valence-corrected chi connectivity index (χ1v) is 8.07. The van der Waals surface area contributed by atoms with Gasteiger partial charge in [-0.25, -0.2) is 0 Å².